The number of benzene rings is 1. The van der Waals surface area contributed by atoms with Crippen LogP contribution in [-0.2, 0) is 4.74 Å². The normalized spacial score (nSPS) is 17.5. The molecule has 178 valence electrons. The van der Waals surface area contributed by atoms with Gasteiger partial charge in [-0.25, -0.2) is 4.79 Å². The minimum atomic E-state index is -0.581. The number of esters is 1. The zero-order chi connectivity index (χ0) is 24.5. The van der Waals surface area contributed by atoms with E-state index in [1.165, 1.54) is 0 Å². The van der Waals surface area contributed by atoms with Crippen LogP contribution in [0.15, 0.2) is 35.3 Å². The largest absolute Gasteiger partial charge is 0.493 e. The average molecular weight is 453 g/mol. The lowest BCUT2D eigenvalue weighted by atomic mass is 9.84. The Bertz CT molecular complexity index is 1230. The van der Waals surface area contributed by atoms with Crippen molar-refractivity contribution >= 4 is 17.2 Å². The molecule has 1 aromatic carbocycles. The molecule has 6 nitrogen and oxygen atoms in total. The van der Waals surface area contributed by atoms with E-state index in [4.69, 9.17) is 9.47 Å². The third kappa shape index (κ3) is 4.70. The molecule has 0 N–H and O–H groups in total. The van der Waals surface area contributed by atoms with Crippen molar-refractivity contribution in [3.05, 3.63) is 62.4 Å². The molecule has 1 aliphatic heterocycles. The topological polar surface area (TPSA) is 60.8 Å². The van der Waals surface area contributed by atoms with E-state index in [2.05, 4.69) is 57.2 Å². The fourth-order valence-electron chi connectivity index (χ4n) is 4.55. The number of hydrogen-bond acceptors (Lipinski definition) is 5. The molecule has 6 heteroatoms. The maximum Gasteiger partial charge on any atom is 0.343 e. The summed E-state index contributed by atoms with van der Waals surface area (Å²) in [5.74, 6) is 0.244. The molecule has 1 unspecified atom stereocenters. The van der Waals surface area contributed by atoms with Gasteiger partial charge in [-0.15, -0.1) is 0 Å². The predicted octanol–water partition coefficient (Wildman–Crippen LogP) is 3.30. The standard InChI is InChI=1S/C27H36N2O4/c1-9-32-22-13-11-12-18(24(22)17(3)4)25-20-14-21(30)19(26(31)33-10-2)15-29(20)23(16-28(25)8)27(5,6)7/h11-15,23H,9-10,16H2,1-8H3/b25-18-. The molecule has 1 aliphatic rings. The van der Waals surface area contributed by atoms with Crippen LogP contribution in [0.1, 0.15) is 70.6 Å². The van der Waals surface area contributed by atoms with E-state index in [0.717, 1.165) is 39.7 Å². The molecule has 1 aromatic heterocycles. The van der Waals surface area contributed by atoms with Crippen LogP contribution in [0, 0.1) is 5.41 Å². The molecule has 0 saturated heterocycles. The summed E-state index contributed by atoms with van der Waals surface area (Å²) in [7, 11) is 2.06. The molecule has 1 atom stereocenters. The van der Waals surface area contributed by atoms with E-state index < -0.39 is 5.97 Å². The summed E-state index contributed by atoms with van der Waals surface area (Å²) in [4.78, 5) is 27.8. The van der Waals surface area contributed by atoms with E-state index in [-0.39, 0.29) is 29.1 Å². The molecule has 0 aliphatic carbocycles. The van der Waals surface area contributed by atoms with Crippen LogP contribution >= 0.6 is 0 Å². The van der Waals surface area contributed by atoms with Gasteiger partial charge in [0.15, 0.2) is 5.43 Å². The second kappa shape index (κ2) is 9.46. The fourth-order valence-corrected chi connectivity index (χ4v) is 4.55. The molecule has 2 heterocycles. The quantitative estimate of drug-likeness (QED) is 0.666. The van der Waals surface area contributed by atoms with Gasteiger partial charge in [0.25, 0.3) is 0 Å². The summed E-state index contributed by atoms with van der Waals surface area (Å²) in [5.41, 5.74) is 2.50. The molecule has 0 amide bonds. The summed E-state index contributed by atoms with van der Waals surface area (Å²) < 4.78 is 13.2. The lowest BCUT2D eigenvalue weighted by molar-refractivity contribution is 0.0522. The Morgan fingerprint density at radius 3 is 2.42 bits per heavy atom. The Kier molecular flexibility index (Phi) is 7.06. The van der Waals surface area contributed by atoms with E-state index in [1.54, 1.807) is 19.2 Å². The van der Waals surface area contributed by atoms with E-state index >= 15 is 0 Å². The first-order valence-corrected chi connectivity index (χ1v) is 11.6. The van der Waals surface area contributed by atoms with Crippen LogP contribution in [0.4, 0.5) is 0 Å². The maximum atomic E-state index is 13.1. The van der Waals surface area contributed by atoms with Crippen molar-refractivity contribution in [2.75, 3.05) is 26.8 Å². The van der Waals surface area contributed by atoms with Crippen molar-refractivity contribution in [1.29, 1.82) is 0 Å². The minimum absolute atomic E-state index is 0.0558. The molecule has 0 radical (unpaired) electrons. The van der Waals surface area contributed by atoms with Crippen LogP contribution in [0.2, 0.25) is 0 Å². The fraction of sp³-hybridized carbons (Fsp3) is 0.481. The zero-order valence-corrected chi connectivity index (χ0v) is 21.1. The monoisotopic (exact) mass is 452 g/mol. The lowest BCUT2D eigenvalue weighted by Crippen LogP contribution is -2.46. The maximum absolute atomic E-state index is 13.1. The Morgan fingerprint density at radius 1 is 1.15 bits per heavy atom. The van der Waals surface area contributed by atoms with Gasteiger partial charge in [-0.1, -0.05) is 38.5 Å². The highest BCUT2D eigenvalue weighted by Crippen LogP contribution is 2.37. The van der Waals surface area contributed by atoms with Crippen molar-refractivity contribution in [3.63, 3.8) is 0 Å². The van der Waals surface area contributed by atoms with Crippen LogP contribution in [0.5, 0.6) is 5.75 Å². The molecule has 33 heavy (non-hydrogen) atoms. The number of fused-ring (bicyclic) bond motifs is 1. The van der Waals surface area contributed by atoms with Gasteiger partial charge in [-0.05, 0) is 39.2 Å². The van der Waals surface area contributed by atoms with Gasteiger partial charge in [-0.3, -0.25) is 4.79 Å². The molecule has 2 aromatic rings. The highest BCUT2D eigenvalue weighted by molar-refractivity contribution is 5.89. The van der Waals surface area contributed by atoms with Gasteiger partial charge >= 0.3 is 5.97 Å². The number of carbonyl (C=O) groups is 1. The Labute approximate surface area is 196 Å². The van der Waals surface area contributed by atoms with E-state index in [9.17, 15) is 9.59 Å². The second-order valence-electron chi connectivity index (χ2n) is 9.79. The van der Waals surface area contributed by atoms with Crippen molar-refractivity contribution in [2.24, 2.45) is 5.41 Å². The number of carbonyl (C=O) groups excluding carboxylic acids is 1. The molecular formula is C27H36N2O4. The van der Waals surface area contributed by atoms with Crippen LogP contribution in [-0.4, -0.2) is 42.2 Å². The number of aromatic nitrogens is 1. The SMILES string of the molecule is CCOC(=O)c1cn2c(cc1=O)/C(=c1\cccc(OCC)c1=C(C)C)N(C)CC2C(C)(C)C. The number of nitrogens with zero attached hydrogens (tertiary/aromatic N) is 2. The van der Waals surface area contributed by atoms with Crippen molar-refractivity contribution in [1.82, 2.24) is 9.47 Å². The molecular weight excluding hydrogens is 416 g/mol. The Balaban J connectivity index is 2.48. The highest BCUT2D eigenvalue weighted by atomic mass is 16.5. The summed E-state index contributed by atoms with van der Waals surface area (Å²) >= 11 is 0. The van der Waals surface area contributed by atoms with E-state index in [1.807, 2.05) is 19.1 Å². The number of rotatable bonds is 4. The molecule has 0 fully saturated rings. The first-order chi connectivity index (χ1) is 15.5. The highest BCUT2D eigenvalue weighted by Gasteiger charge is 2.35. The number of hydrogen-bond donors (Lipinski definition) is 0. The van der Waals surface area contributed by atoms with Crippen LogP contribution in [0.3, 0.4) is 0 Å². The number of likely N-dealkylation sites (N-methyl/N-ethyl adjacent to an activating group) is 1. The Morgan fingerprint density at radius 2 is 1.85 bits per heavy atom. The molecule has 0 bridgehead atoms. The minimum Gasteiger partial charge on any atom is -0.493 e. The lowest BCUT2D eigenvalue weighted by Gasteiger charge is -2.43. The average Bonchev–Trinajstić information content (AvgIpc) is 2.72. The van der Waals surface area contributed by atoms with Crippen LogP contribution in [0.25, 0.3) is 11.3 Å². The van der Waals surface area contributed by atoms with Crippen LogP contribution < -0.4 is 20.6 Å². The second-order valence-corrected chi connectivity index (χ2v) is 9.79. The first kappa shape index (κ1) is 24.6. The first-order valence-electron chi connectivity index (χ1n) is 11.6. The summed E-state index contributed by atoms with van der Waals surface area (Å²) in [5, 5.41) is 2.04. The number of ether oxygens (including phenoxy) is 2. The smallest absolute Gasteiger partial charge is 0.343 e. The molecule has 3 rings (SSSR count). The molecule has 0 spiro atoms. The predicted molar refractivity (Wildman–Crippen MR) is 132 cm³/mol. The third-order valence-corrected chi connectivity index (χ3v) is 6.06. The summed E-state index contributed by atoms with van der Waals surface area (Å²) in [6, 6.07) is 7.67. The van der Waals surface area contributed by atoms with Gasteiger partial charge in [0, 0.05) is 36.3 Å². The number of pyridine rings is 1. The Hall–Kier alpha value is -3.02. The van der Waals surface area contributed by atoms with Crippen molar-refractivity contribution in [2.45, 2.75) is 54.5 Å². The summed E-state index contributed by atoms with van der Waals surface area (Å²) in [6.07, 6.45) is 1.69. The van der Waals surface area contributed by atoms with Gasteiger partial charge in [0.05, 0.1) is 30.6 Å². The zero-order valence-electron chi connectivity index (χ0n) is 21.1. The van der Waals surface area contributed by atoms with Crippen molar-refractivity contribution in [3.8, 4) is 5.75 Å². The summed E-state index contributed by atoms with van der Waals surface area (Å²) in [6.45, 7) is 15.9. The van der Waals surface area contributed by atoms with Gasteiger partial charge in [0.2, 0.25) is 0 Å². The molecule has 0 saturated carbocycles. The van der Waals surface area contributed by atoms with E-state index in [0.29, 0.717) is 6.61 Å². The van der Waals surface area contributed by atoms with Gasteiger partial charge in [-0.2, -0.15) is 0 Å². The van der Waals surface area contributed by atoms with Gasteiger partial charge in [0.1, 0.15) is 11.3 Å². The third-order valence-electron chi connectivity index (χ3n) is 6.06. The van der Waals surface area contributed by atoms with Crippen molar-refractivity contribution < 1.29 is 14.3 Å². The van der Waals surface area contributed by atoms with Gasteiger partial charge < -0.3 is 18.9 Å².